The molecule has 0 radical (unpaired) electrons. The fraction of sp³-hybridized carbons (Fsp3) is 1.00. The van der Waals surface area contributed by atoms with Gasteiger partial charge in [0.2, 0.25) is 0 Å². The lowest BCUT2D eigenvalue weighted by Gasteiger charge is -2.33. The van der Waals surface area contributed by atoms with E-state index in [4.69, 9.17) is 0 Å². The summed E-state index contributed by atoms with van der Waals surface area (Å²) in [7, 11) is 2.15. The quantitative estimate of drug-likeness (QED) is 0.754. The molecule has 1 aliphatic rings. The van der Waals surface area contributed by atoms with Crippen LogP contribution in [0, 0.1) is 0 Å². The molecule has 0 amide bonds. The van der Waals surface area contributed by atoms with Crippen LogP contribution < -0.4 is 0 Å². The van der Waals surface area contributed by atoms with Gasteiger partial charge < -0.3 is 10.0 Å². The van der Waals surface area contributed by atoms with Crippen molar-refractivity contribution in [2.75, 3.05) is 13.6 Å². The molecule has 0 aromatic carbocycles. The summed E-state index contributed by atoms with van der Waals surface area (Å²) in [5.41, 5.74) is 0. The topological polar surface area (TPSA) is 23.5 Å². The van der Waals surface area contributed by atoms with E-state index >= 15 is 0 Å². The Morgan fingerprint density at radius 3 is 2.43 bits per heavy atom. The van der Waals surface area contributed by atoms with E-state index in [1.165, 1.54) is 38.5 Å². The van der Waals surface area contributed by atoms with Gasteiger partial charge in [-0.3, -0.25) is 0 Å². The number of aliphatic hydroxyl groups excluding tert-OH is 1. The Morgan fingerprint density at radius 2 is 1.79 bits per heavy atom. The molecule has 2 atom stereocenters. The Morgan fingerprint density at radius 1 is 1.14 bits per heavy atom. The van der Waals surface area contributed by atoms with E-state index in [1.807, 2.05) is 0 Å². The summed E-state index contributed by atoms with van der Waals surface area (Å²) in [5, 5.41) is 10.0. The Balaban J connectivity index is 2.43. The highest BCUT2D eigenvalue weighted by Gasteiger charge is 2.23. The van der Waals surface area contributed by atoms with Crippen LogP contribution in [0.2, 0.25) is 0 Å². The predicted octanol–water partition coefficient (Wildman–Crippen LogP) is 2.41. The Bertz CT molecular complexity index is 145. The summed E-state index contributed by atoms with van der Waals surface area (Å²) in [6.07, 6.45) is 8.42. The van der Waals surface area contributed by atoms with E-state index in [0.29, 0.717) is 6.04 Å². The monoisotopic (exact) mass is 199 g/mol. The van der Waals surface area contributed by atoms with Crippen LogP contribution in [0.4, 0.5) is 0 Å². The summed E-state index contributed by atoms with van der Waals surface area (Å²) in [5.74, 6) is 0. The van der Waals surface area contributed by atoms with Crippen LogP contribution in [-0.2, 0) is 0 Å². The highest BCUT2D eigenvalue weighted by atomic mass is 16.3. The van der Waals surface area contributed by atoms with Crippen molar-refractivity contribution in [2.24, 2.45) is 0 Å². The first kappa shape index (κ1) is 12.0. The van der Waals surface area contributed by atoms with Gasteiger partial charge in [-0.15, -0.1) is 0 Å². The molecule has 0 saturated heterocycles. The van der Waals surface area contributed by atoms with Crippen LogP contribution in [0.25, 0.3) is 0 Å². The molecular formula is C12H25NO. The largest absolute Gasteiger partial charge is 0.391 e. The van der Waals surface area contributed by atoms with E-state index in [-0.39, 0.29) is 6.10 Å². The van der Waals surface area contributed by atoms with Crippen molar-refractivity contribution in [1.29, 1.82) is 0 Å². The summed E-state index contributed by atoms with van der Waals surface area (Å²) in [6, 6.07) is 0.412. The second-order valence-corrected chi connectivity index (χ2v) is 4.61. The molecule has 2 unspecified atom stereocenters. The van der Waals surface area contributed by atoms with Gasteiger partial charge >= 0.3 is 0 Å². The number of hydrogen-bond donors (Lipinski definition) is 1. The van der Waals surface area contributed by atoms with Gasteiger partial charge in [0.25, 0.3) is 0 Å². The van der Waals surface area contributed by atoms with Gasteiger partial charge in [0.1, 0.15) is 0 Å². The number of nitrogens with zero attached hydrogens (tertiary/aromatic N) is 1. The summed E-state index contributed by atoms with van der Waals surface area (Å²) >= 11 is 0. The minimum absolute atomic E-state index is 0.0909. The van der Waals surface area contributed by atoms with E-state index in [2.05, 4.69) is 18.9 Å². The third-order valence-electron chi connectivity index (χ3n) is 3.34. The van der Waals surface area contributed by atoms with Crippen molar-refractivity contribution in [3.05, 3.63) is 0 Å². The maximum atomic E-state index is 10.0. The highest BCUT2D eigenvalue weighted by molar-refractivity contribution is 4.78. The minimum Gasteiger partial charge on any atom is -0.391 e. The number of rotatable bonds is 3. The smallest absolute Gasteiger partial charge is 0.0695 e. The van der Waals surface area contributed by atoms with Crippen molar-refractivity contribution < 1.29 is 5.11 Å². The van der Waals surface area contributed by atoms with E-state index in [1.54, 1.807) is 0 Å². The fourth-order valence-corrected chi connectivity index (χ4v) is 2.48. The summed E-state index contributed by atoms with van der Waals surface area (Å²) in [4.78, 5) is 2.34. The molecule has 0 bridgehead atoms. The molecule has 14 heavy (non-hydrogen) atoms. The van der Waals surface area contributed by atoms with Gasteiger partial charge in [-0.05, 0) is 32.9 Å². The lowest BCUT2D eigenvalue weighted by molar-refractivity contribution is 0.0443. The van der Waals surface area contributed by atoms with Gasteiger partial charge in [0, 0.05) is 6.04 Å². The molecule has 1 saturated carbocycles. The molecule has 0 heterocycles. The second kappa shape index (κ2) is 6.41. The molecule has 2 nitrogen and oxygen atoms in total. The molecule has 0 aromatic heterocycles. The molecule has 1 fully saturated rings. The zero-order valence-corrected chi connectivity index (χ0v) is 9.71. The second-order valence-electron chi connectivity index (χ2n) is 4.61. The third kappa shape index (κ3) is 3.58. The first-order chi connectivity index (χ1) is 6.75. The van der Waals surface area contributed by atoms with Crippen molar-refractivity contribution in [3.63, 3.8) is 0 Å². The van der Waals surface area contributed by atoms with Gasteiger partial charge in [0.15, 0.2) is 0 Å². The van der Waals surface area contributed by atoms with Crippen molar-refractivity contribution in [2.45, 2.75) is 64.0 Å². The molecule has 1 rings (SSSR count). The van der Waals surface area contributed by atoms with Crippen LogP contribution >= 0.6 is 0 Å². The highest BCUT2D eigenvalue weighted by Crippen LogP contribution is 2.21. The summed E-state index contributed by atoms with van der Waals surface area (Å²) < 4.78 is 0. The van der Waals surface area contributed by atoms with Crippen LogP contribution in [0.15, 0.2) is 0 Å². The maximum Gasteiger partial charge on any atom is 0.0695 e. The van der Waals surface area contributed by atoms with Gasteiger partial charge in [-0.25, -0.2) is 0 Å². The standard InChI is InChI=1S/C12H25NO/c1-3-10-13(2)11-8-6-4-5-7-9-12(11)14/h11-12,14H,3-10H2,1-2H3. The number of aliphatic hydroxyl groups is 1. The molecule has 0 spiro atoms. The molecule has 84 valence electrons. The van der Waals surface area contributed by atoms with Crippen LogP contribution in [-0.4, -0.2) is 35.7 Å². The van der Waals surface area contributed by atoms with Crippen molar-refractivity contribution in [1.82, 2.24) is 4.90 Å². The first-order valence-electron chi connectivity index (χ1n) is 6.14. The zero-order chi connectivity index (χ0) is 10.4. The molecule has 1 aliphatic carbocycles. The zero-order valence-electron chi connectivity index (χ0n) is 9.71. The predicted molar refractivity (Wildman–Crippen MR) is 60.4 cm³/mol. The van der Waals surface area contributed by atoms with Crippen LogP contribution in [0.5, 0.6) is 0 Å². The van der Waals surface area contributed by atoms with Crippen LogP contribution in [0.3, 0.4) is 0 Å². The van der Waals surface area contributed by atoms with Crippen molar-refractivity contribution in [3.8, 4) is 0 Å². The Kier molecular flexibility index (Phi) is 5.49. The summed E-state index contributed by atoms with van der Waals surface area (Å²) in [6.45, 7) is 3.31. The molecule has 2 heteroatoms. The molecule has 0 aromatic rings. The average molecular weight is 199 g/mol. The lowest BCUT2D eigenvalue weighted by Crippen LogP contribution is -2.42. The van der Waals surface area contributed by atoms with Crippen LogP contribution in [0.1, 0.15) is 51.9 Å². The minimum atomic E-state index is -0.0909. The van der Waals surface area contributed by atoms with Crippen molar-refractivity contribution >= 4 is 0 Å². The lowest BCUT2D eigenvalue weighted by atomic mass is 9.93. The maximum absolute atomic E-state index is 10.0. The Hall–Kier alpha value is -0.0800. The first-order valence-corrected chi connectivity index (χ1v) is 6.14. The van der Waals surface area contributed by atoms with Gasteiger partial charge in [0.05, 0.1) is 6.10 Å². The fourth-order valence-electron chi connectivity index (χ4n) is 2.48. The third-order valence-corrected chi connectivity index (χ3v) is 3.34. The Labute approximate surface area is 88.3 Å². The molecule has 0 aliphatic heterocycles. The molecular weight excluding hydrogens is 174 g/mol. The van der Waals surface area contributed by atoms with E-state index in [9.17, 15) is 5.11 Å². The SMILES string of the molecule is CCCN(C)C1CCCCCCC1O. The number of hydrogen-bond acceptors (Lipinski definition) is 2. The van der Waals surface area contributed by atoms with E-state index in [0.717, 1.165) is 13.0 Å². The number of likely N-dealkylation sites (N-methyl/N-ethyl adjacent to an activating group) is 1. The normalized spacial score (nSPS) is 30.0. The van der Waals surface area contributed by atoms with E-state index < -0.39 is 0 Å². The molecule has 1 N–H and O–H groups in total. The average Bonchev–Trinajstić information content (AvgIpc) is 2.12. The van der Waals surface area contributed by atoms with Gasteiger partial charge in [-0.2, -0.15) is 0 Å². The van der Waals surface area contributed by atoms with Gasteiger partial charge in [-0.1, -0.05) is 32.6 Å².